The minimum absolute atomic E-state index is 0.00324. The molecule has 2 rings (SSSR count). The van der Waals surface area contributed by atoms with Gasteiger partial charge in [-0.15, -0.1) is 0 Å². The van der Waals surface area contributed by atoms with Gasteiger partial charge in [0.15, 0.2) is 0 Å². The third-order valence-electron chi connectivity index (χ3n) is 4.19. The van der Waals surface area contributed by atoms with Crippen LogP contribution < -0.4 is 5.32 Å². The second kappa shape index (κ2) is 7.99. The lowest BCUT2D eigenvalue weighted by molar-refractivity contribution is -0.116. The molecule has 1 aliphatic heterocycles. The number of piperidine rings is 1. The fourth-order valence-electron chi connectivity index (χ4n) is 2.66. The van der Waals surface area contributed by atoms with Crippen LogP contribution >= 0.6 is 0 Å². The van der Waals surface area contributed by atoms with E-state index < -0.39 is 0 Å². The molecule has 1 aromatic rings. The fraction of sp³-hybridized carbons (Fsp3) is 0.500. The van der Waals surface area contributed by atoms with Crippen LogP contribution in [-0.4, -0.2) is 37.5 Å². The van der Waals surface area contributed by atoms with E-state index in [1.54, 1.807) is 6.08 Å². The lowest BCUT2D eigenvalue weighted by Gasteiger charge is -2.28. The Labute approximate surface area is 128 Å². The SMILES string of the molecule is Cc1ccc(/C=C/C(=O)NCCC2CCN(C)CC2)cc1. The molecule has 1 saturated heterocycles. The van der Waals surface area contributed by atoms with E-state index in [0.29, 0.717) is 0 Å². The molecule has 114 valence electrons. The standard InChI is InChI=1S/C18H26N2O/c1-15-3-5-16(6-4-15)7-8-18(21)19-12-9-17-10-13-20(2)14-11-17/h3-8,17H,9-14H2,1-2H3,(H,19,21)/b8-7+. The van der Waals surface area contributed by atoms with Crippen molar-refractivity contribution in [2.45, 2.75) is 26.2 Å². The molecular weight excluding hydrogens is 260 g/mol. The van der Waals surface area contributed by atoms with Crippen LogP contribution in [0, 0.1) is 12.8 Å². The van der Waals surface area contributed by atoms with Crippen molar-refractivity contribution in [3.05, 3.63) is 41.5 Å². The molecule has 0 unspecified atom stereocenters. The average molecular weight is 286 g/mol. The summed E-state index contributed by atoms with van der Waals surface area (Å²) in [5.41, 5.74) is 2.29. The van der Waals surface area contributed by atoms with E-state index in [2.05, 4.69) is 36.3 Å². The summed E-state index contributed by atoms with van der Waals surface area (Å²) in [4.78, 5) is 14.1. The molecule has 0 aromatic heterocycles. The Hall–Kier alpha value is -1.61. The number of aryl methyl sites for hydroxylation is 1. The molecule has 3 heteroatoms. The van der Waals surface area contributed by atoms with Crippen LogP contribution in [0.1, 0.15) is 30.4 Å². The Morgan fingerprint density at radius 3 is 2.62 bits per heavy atom. The van der Waals surface area contributed by atoms with Crippen LogP contribution in [0.15, 0.2) is 30.3 Å². The monoisotopic (exact) mass is 286 g/mol. The number of nitrogens with one attached hydrogen (secondary N) is 1. The number of rotatable bonds is 5. The molecule has 0 spiro atoms. The molecule has 3 nitrogen and oxygen atoms in total. The van der Waals surface area contributed by atoms with Gasteiger partial charge in [0.2, 0.25) is 5.91 Å². The summed E-state index contributed by atoms with van der Waals surface area (Å²) < 4.78 is 0. The molecule has 0 atom stereocenters. The van der Waals surface area contributed by atoms with Crippen LogP contribution in [-0.2, 0) is 4.79 Å². The van der Waals surface area contributed by atoms with E-state index in [1.165, 1.54) is 31.5 Å². The summed E-state index contributed by atoms with van der Waals surface area (Å²) >= 11 is 0. The van der Waals surface area contributed by atoms with Crippen molar-refractivity contribution in [3.63, 3.8) is 0 Å². The first-order valence-corrected chi connectivity index (χ1v) is 7.84. The number of likely N-dealkylation sites (tertiary alicyclic amines) is 1. The minimum atomic E-state index is 0.00324. The third-order valence-corrected chi connectivity index (χ3v) is 4.19. The van der Waals surface area contributed by atoms with E-state index in [1.807, 2.05) is 18.2 Å². The van der Waals surface area contributed by atoms with Crippen molar-refractivity contribution in [1.82, 2.24) is 10.2 Å². The van der Waals surface area contributed by atoms with Crippen molar-refractivity contribution in [2.75, 3.05) is 26.7 Å². The molecule has 1 amide bonds. The number of hydrogen-bond acceptors (Lipinski definition) is 2. The normalized spacial score (nSPS) is 17.2. The van der Waals surface area contributed by atoms with Crippen molar-refractivity contribution in [1.29, 1.82) is 0 Å². The zero-order valence-corrected chi connectivity index (χ0v) is 13.1. The maximum atomic E-state index is 11.8. The molecule has 0 saturated carbocycles. The molecular formula is C18H26N2O. The number of carbonyl (C=O) groups is 1. The van der Waals surface area contributed by atoms with E-state index in [4.69, 9.17) is 0 Å². The highest BCUT2D eigenvalue weighted by atomic mass is 16.1. The number of benzene rings is 1. The highest BCUT2D eigenvalue weighted by Gasteiger charge is 2.15. The lowest BCUT2D eigenvalue weighted by Crippen LogP contribution is -2.32. The molecule has 1 heterocycles. The van der Waals surface area contributed by atoms with Gasteiger partial charge in [-0.05, 0) is 63.9 Å². The van der Waals surface area contributed by atoms with E-state index in [-0.39, 0.29) is 5.91 Å². The summed E-state index contributed by atoms with van der Waals surface area (Å²) in [6.07, 6.45) is 7.10. The lowest BCUT2D eigenvalue weighted by atomic mass is 9.94. The Kier molecular flexibility index (Phi) is 6.00. The van der Waals surface area contributed by atoms with Gasteiger partial charge in [0.1, 0.15) is 0 Å². The zero-order chi connectivity index (χ0) is 15.1. The highest BCUT2D eigenvalue weighted by molar-refractivity contribution is 5.91. The third kappa shape index (κ3) is 5.72. The van der Waals surface area contributed by atoms with Crippen LogP contribution in [0.3, 0.4) is 0 Å². The largest absolute Gasteiger partial charge is 0.353 e. The van der Waals surface area contributed by atoms with Crippen molar-refractivity contribution in [2.24, 2.45) is 5.92 Å². The molecule has 0 radical (unpaired) electrons. The number of amides is 1. The zero-order valence-electron chi connectivity index (χ0n) is 13.1. The molecule has 1 aromatic carbocycles. The first-order valence-electron chi connectivity index (χ1n) is 7.84. The van der Waals surface area contributed by atoms with Crippen LogP contribution in [0.5, 0.6) is 0 Å². The Balaban J connectivity index is 1.66. The van der Waals surface area contributed by atoms with E-state index >= 15 is 0 Å². The molecule has 1 fully saturated rings. The highest BCUT2D eigenvalue weighted by Crippen LogP contribution is 2.18. The predicted molar refractivity (Wildman–Crippen MR) is 88.1 cm³/mol. The second-order valence-electron chi connectivity index (χ2n) is 6.07. The molecule has 0 bridgehead atoms. The summed E-state index contributed by atoms with van der Waals surface area (Å²) in [7, 11) is 2.17. The minimum Gasteiger partial charge on any atom is -0.353 e. The van der Waals surface area contributed by atoms with Crippen LogP contribution in [0.4, 0.5) is 0 Å². The first-order chi connectivity index (χ1) is 10.1. The van der Waals surface area contributed by atoms with Gasteiger partial charge >= 0.3 is 0 Å². The Bertz CT molecular complexity index is 470. The van der Waals surface area contributed by atoms with Gasteiger partial charge < -0.3 is 10.2 Å². The Morgan fingerprint density at radius 1 is 1.29 bits per heavy atom. The number of carbonyl (C=O) groups excluding carboxylic acids is 1. The quantitative estimate of drug-likeness (QED) is 0.844. The summed E-state index contributed by atoms with van der Waals surface area (Å²) in [5.74, 6) is 0.770. The average Bonchev–Trinajstić information content (AvgIpc) is 2.49. The summed E-state index contributed by atoms with van der Waals surface area (Å²) in [6, 6.07) is 8.16. The van der Waals surface area contributed by atoms with Crippen LogP contribution in [0.25, 0.3) is 6.08 Å². The van der Waals surface area contributed by atoms with Crippen LogP contribution in [0.2, 0.25) is 0 Å². The van der Waals surface area contributed by atoms with Gasteiger partial charge in [0.05, 0.1) is 0 Å². The van der Waals surface area contributed by atoms with Gasteiger partial charge in [-0.1, -0.05) is 29.8 Å². The Morgan fingerprint density at radius 2 is 1.95 bits per heavy atom. The van der Waals surface area contributed by atoms with Gasteiger partial charge in [0, 0.05) is 12.6 Å². The smallest absolute Gasteiger partial charge is 0.243 e. The van der Waals surface area contributed by atoms with Crippen molar-refractivity contribution in [3.8, 4) is 0 Å². The van der Waals surface area contributed by atoms with Gasteiger partial charge in [-0.2, -0.15) is 0 Å². The van der Waals surface area contributed by atoms with E-state index in [0.717, 1.165) is 24.4 Å². The topological polar surface area (TPSA) is 32.3 Å². The maximum Gasteiger partial charge on any atom is 0.243 e. The number of nitrogens with zero attached hydrogens (tertiary/aromatic N) is 1. The second-order valence-corrected chi connectivity index (χ2v) is 6.07. The molecule has 1 N–H and O–H groups in total. The molecule has 21 heavy (non-hydrogen) atoms. The number of hydrogen-bond donors (Lipinski definition) is 1. The molecule has 0 aliphatic carbocycles. The first kappa shape index (κ1) is 15.8. The van der Waals surface area contributed by atoms with E-state index in [9.17, 15) is 4.79 Å². The maximum absolute atomic E-state index is 11.8. The summed E-state index contributed by atoms with van der Waals surface area (Å²) in [5, 5.41) is 2.98. The van der Waals surface area contributed by atoms with Gasteiger partial charge in [0.25, 0.3) is 0 Å². The van der Waals surface area contributed by atoms with Crippen molar-refractivity contribution >= 4 is 12.0 Å². The predicted octanol–water partition coefficient (Wildman–Crippen LogP) is 2.86. The summed E-state index contributed by atoms with van der Waals surface area (Å²) in [6.45, 7) is 5.21. The van der Waals surface area contributed by atoms with Gasteiger partial charge in [-0.3, -0.25) is 4.79 Å². The fourth-order valence-corrected chi connectivity index (χ4v) is 2.66. The van der Waals surface area contributed by atoms with Gasteiger partial charge in [-0.25, -0.2) is 0 Å². The molecule has 1 aliphatic rings. The van der Waals surface area contributed by atoms with Crippen molar-refractivity contribution < 1.29 is 4.79 Å².